The molecule has 0 aliphatic heterocycles. The van der Waals surface area contributed by atoms with Crippen LogP contribution in [0.4, 0.5) is 5.69 Å². The molecule has 2 aromatic rings. The Hall–Kier alpha value is -2.78. The summed E-state index contributed by atoms with van der Waals surface area (Å²) in [5.74, 6) is 0.908. The molecule has 1 atom stereocenters. The SMILES string of the molecule is CCOc1cc(C(=O)Nc2ccc(S(=O)(=O)NC(C)CC)cc2)cc(OCC)c1OCC. The van der Waals surface area contributed by atoms with Crippen LogP contribution < -0.4 is 24.2 Å². The van der Waals surface area contributed by atoms with E-state index in [0.717, 1.165) is 0 Å². The van der Waals surface area contributed by atoms with Crippen LogP contribution in [0.3, 0.4) is 0 Å². The third kappa shape index (κ3) is 6.61. The molecule has 0 aliphatic rings. The van der Waals surface area contributed by atoms with Crippen LogP contribution in [0.1, 0.15) is 51.4 Å². The normalized spacial score (nSPS) is 12.2. The Bertz CT molecular complexity index is 979. The summed E-state index contributed by atoms with van der Waals surface area (Å²) >= 11 is 0. The van der Waals surface area contributed by atoms with Gasteiger partial charge in [-0.15, -0.1) is 0 Å². The number of anilines is 1. The van der Waals surface area contributed by atoms with Gasteiger partial charge in [0.05, 0.1) is 24.7 Å². The van der Waals surface area contributed by atoms with E-state index >= 15 is 0 Å². The zero-order valence-electron chi connectivity index (χ0n) is 19.2. The lowest BCUT2D eigenvalue weighted by molar-refractivity contribution is 0.102. The Labute approximate surface area is 190 Å². The largest absolute Gasteiger partial charge is 0.490 e. The van der Waals surface area contributed by atoms with Gasteiger partial charge in [0.15, 0.2) is 11.5 Å². The number of carbonyl (C=O) groups is 1. The molecule has 0 fully saturated rings. The van der Waals surface area contributed by atoms with E-state index in [1.165, 1.54) is 12.1 Å². The minimum atomic E-state index is -3.61. The third-order valence-electron chi connectivity index (χ3n) is 4.56. The van der Waals surface area contributed by atoms with E-state index in [2.05, 4.69) is 10.0 Å². The van der Waals surface area contributed by atoms with Crippen molar-refractivity contribution in [3.05, 3.63) is 42.0 Å². The Morgan fingerprint density at radius 3 is 1.91 bits per heavy atom. The van der Waals surface area contributed by atoms with Crippen LogP contribution in [0.2, 0.25) is 0 Å². The number of rotatable bonds is 12. The molecule has 9 heteroatoms. The van der Waals surface area contributed by atoms with Crippen molar-refractivity contribution in [1.82, 2.24) is 4.72 Å². The summed E-state index contributed by atoms with van der Waals surface area (Å²) in [6.45, 7) is 10.5. The Morgan fingerprint density at radius 2 is 1.44 bits per heavy atom. The van der Waals surface area contributed by atoms with Gasteiger partial charge in [-0.25, -0.2) is 13.1 Å². The quantitative estimate of drug-likeness (QED) is 0.488. The van der Waals surface area contributed by atoms with Crippen molar-refractivity contribution < 1.29 is 27.4 Å². The molecule has 0 spiro atoms. The van der Waals surface area contributed by atoms with Crippen LogP contribution in [-0.2, 0) is 10.0 Å². The van der Waals surface area contributed by atoms with Crippen LogP contribution >= 0.6 is 0 Å². The van der Waals surface area contributed by atoms with Crippen LogP contribution in [0, 0.1) is 0 Å². The Balaban J connectivity index is 2.26. The predicted molar refractivity (Wildman–Crippen MR) is 124 cm³/mol. The highest BCUT2D eigenvalue weighted by atomic mass is 32.2. The minimum Gasteiger partial charge on any atom is -0.490 e. The Kier molecular flexibility index (Phi) is 9.34. The first-order chi connectivity index (χ1) is 15.2. The second-order valence-electron chi connectivity index (χ2n) is 7.01. The van der Waals surface area contributed by atoms with E-state index in [-0.39, 0.29) is 16.8 Å². The van der Waals surface area contributed by atoms with Gasteiger partial charge in [0.2, 0.25) is 15.8 Å². The molecule has 2 N–H and O–H groups in total. The summed E-state index contributed by atoms with van der Waals surface area (Å²) in [7, 11) is -3.61. The van der Waals surface area contributed by atoms with Gasteiger partial charge in [0.25, 0.3) is 5.91 Å². The maximum absolute atomic E-state index is 12.9. The van der Waals surface area contributed by atoms with E-state index in [4.69, 9.17) is 14.2 Å². The number of nitrogens with one attached hydrogen (secondary N) is 2. The maximum atomic E-state index is 12.9. The van der Waals surface area contributed by atoms with Gasteiger partial charge < -0.3 is 19.5 Å². The van der Waals surface area contributed by atoms with E-state index in [9.17, 15) is 13.2 Å². The lowest BCUT2D eigenvalue weighted by atomic mass is 10.1. The molecule has 176 valence electrons. The second kappa shape index (κ2) is 11.7. The Morgan fingerprint density at radius 1 is 0.906 bits per heavy atom. The molecular weight excluding hydrogens is 432 g/mol. The monoisotopic (exact) mass is 464 g/mol. The average molecular weight is 465 g/mol. The first kappa shape index (κ1) is 25.5. The van der Waals surface area contributed by atoms with Crippen molar-refractivity contribution in [1.29, 1.82) is 0 Å². The maximum Gasteiger partial charge on any atom is 0.255 e. The van der Waals surface area contributed by atoms with E-state index in [1.54, 1.807) is 31.2 Å². The third-order valence-corrected chi connectivity index (χ3v) is 6.17. The van der Waals surface area contributed by atoms with Crippen molar-refractivity contribution in [2.45, 2.75) is 52.0 Å². The van der Waals surface area contributed by atoms with E-state index < -0.39 is 10.0 Å². The molecule has 8 nitrogen and oxygen atoms in total. The second-order valence-corrected chi connectivity index (χ2v) is 8.72. The van der Waals surface area contributed by atoms with E-state index in [0.29, 0.717) is 54.7 Å². The molecule has 0 radical (unpaired) electrons. The van der Waals surface area contributed by atoms with Gasteiger partial charge in [-0.2, -0.15) is 0 Å². The van der Waals surface area contributed by atoms with Crippen molar-refractivity contribution in [3.63, 3.8) is 0 Å². The molecule has 2 aromatic carbocycles. The summed E-state index contributed by atoms with van der Waals surface area (Å²) in [5, 5.41) is 2.77. The fraction of sp³-hybridized carbons (Fsp3) is 0.435. The zero-order chi connectivity index (χ0) is 23.7. The summed E-state index contributed by atoms with van der Waals surface area (Å²) in [6.07, 6.45) is 0.683. The van der Waals surface area contributed by atoms with Crippen molar-refractivity contribution in [3.8, 4) is 17.2 Å². The lowest BCUT2D eigenvalue weighted by Crippen LogP contribution is -2.31. The molecule has 0 saturated carbocycles. The van der Waals surface area contributed by atoms with Gasteiger partial charge in [0.1, 0.15) is 0 Å². The van der Waals surface area contributed by atoms with Crippen LogP contribution in [-0.4, -0.2) is 40.2 Å². The molecule has 32 heavy (non-hydrogen) atoms. The van der Waals surface area contributed by atoms with Gasteiger partial charge in [0, 0.05) is 17.3 Å². The van der Waals surface area contributed by atoms with Gasteiger partial charge in [-0.1, -0.05) is 6.92 Å². The summed E-state index contributed by atoms with van der Waals surface area (Å²) in [5.41, 5.74) is 0.790. The first-order valence-corrected chi connectivity index (χ1v) is 12.2. The summed E-state index contributed by atoms with van der Waals surface area (Å²) in [4.78, 5) is 13.0. The number of sulfonamides is 1. The lowest BCUT2D eigenvalue weighted by Gasteiger charge is -2.17. The van der Waals surface area contributed by atoms with Gasteiger partial charge in [-0.05, 0) is 70.5 Å². The number of hydrogen-bond donors (Lipinski definition) is 2. The predicted octanol–water partition coefficient (Wildman–Crippen LogP) is 4.21. The van der Waals surface area contributed by atoms with Gasteiger partial charge in [-0.3, -0.25) is 4.79 Å². The van der Waals surface area contributed by atoms with Crippen LogP contribution in [0.25, 0.3) is 0 Å². The molecular formula is C23H32N2O6S. The van der Waals surface area contributed by atoms with Crippen molar-refractivity contribution in [2.75, 3.05) is 25.1 Å². The fourth-order valence-corrected chi connectivity index (χ4v) is 4.18. The molecule has 0 bridgehead atoms. The molecule has 0 heterocycles. The molecule has 2 rings (SSSR count). The molecule has 0 aliphatic carbocycles. The zero-order valence-corrected chi connectivity index (χ0v) is 20.0. The summed E-state index contributed by atoms with van der Waals surface area (Å²) < 4.78 is 44.4. The van der Waals surface area contributed by atoms with Crippen molar-refractivity contribution >= 4 is 21.6 Å². The topological polar surface area (TPSA) is 103 Å². The highest BCUT2D eigenvalue weighted by Crippen LogP contribution is 2.39. The average Bonchev–Trinajstić information content (AvgIpc) is 2.76. The van der Waals surface area contributed by atoms with E-state index in [1.807, 2.05) is 27.7 Å². The first-order valence-electron chi connectivity index (χ1n) is 10.8. The highest BCUT2D eigenvalue weighted by Gasteiger charge is 2.19. The molecule has 1 unspecified atom stereocenters. The number of carbonyl (C=O) groups excluding carboxylic acids is 1. The van der Waals surface area contributed by atoms with Crippen LogP contribution in [0.15, 0.2) is 41.3 Å². The number of amides is 1. The number of hydrogen-bond acceptors (Lipinski definition) is 6. The van der Waals surface area contributed by atoms with Crippen molar-refractivity contribution in [2.24, 2.45) is 0 Å². The highest BCUT2D eigenvalue weighted by molar-refractivity contribution is 7.89. The summed E-state index contributed by atoms with van der Waals surface area (Å²) in [6, 6.07) is 9.03. The molecule has 0 saturated heterocycles. The standard InChI is InChI=1S/C23H32N2O6S/c1-6-16(5)25-32(27,28)19-12-10-18(11-13-19)24-23(26)17-14-20(29-7-2)22(31-9-4)21(15-17)30-8-3/h10-16,25H,6-9H2,1-5H3,(H,24,26). The number of ether oxygens (including phenoxy) is 3. The van der Waals surface area contributed by atoms with Gasteiger partial charge >= 0.3 is 0 Å². The number of benzene rings is 2. The fourth-order valence-electron chi connectivity index (χ4n) is 2.86. The van der Waals surface area contributed by atoms with Crippen LogP contribution in [0.5, 0.6) is 17.2 Å². The molecule has 1 amide bonds. The molecule has 0 aromatic heterocycles. The smallest absolute Gasteiger partial charge is 0.255 e. The minimum absolute atomic E-state index is 0.133.